The molecule has 0 N–H and O–H groups in total. The molecule has 0 aliphatic carbocycles. The molecule has 0 bridgehead atoms. The lowest BCUT2D eigenvalue weighted by Gasteiger charge is -2.22. The van der Waals surface area contributed by atoms with Crippen LogP contribution in [-0.2, 0) is 4.43 Å². The molecule has 0 aliphatic rings. The summed E-state index contributed by atoms with van der Waals surface area (Å²) in [6.07, 6.45) is 4.11. The van der Waals surface area contributed by atoms with Crippen LogP contribution in [0.3, 0.4) is 0 Å². The fourth-order valence-corrected chi connectivity index (χ4v) is 1.78. The van der Waals surface area contributed by atoms with Crippen LogP contribution < -0.4 is 0 Å². The molecule has 0 atom stereocenters. The molecule has 0 aliphatic heterocycles. The zero-order valence-electron chi connectivity index (χ0n) is 9.06. The highest BCUT2D eigenvalue weighted by atomic mass is 28.4. The molecular weight excluding hydrogens is 164 g/mol. The van der Waals surface area contributed by atoms with Crippen molar-refractivity contribution in [2.45, 2.75) is 40.4 Å². The predicted molar refractivity (Wildman–Crippen MR) is 57.6 cm³/mol. The first-order chi connectivity index (χ1) is 5.40. The second kappa shape index (κ2) is 4.50. The summed E-state index contributed by atoms with van der Waals surface area (Å²) in [5.41, 5.74) is 1.22. The van der Waals surface area contributed by atoms with Gasteiger partial charge in [0.1, 0.15) is 5.76 Å². The molecule has 0 aromatic rings. The Morgan fingerprint density at radius 2 is 1.58 bits per heavy atom. The summed E-state index contributed by atoms with van der Waals surface area (Å²) in [7, 11) is -1.43. The maximum absolute atomic E-state index is 5.87. The van der Waals surface area contributed by atoms with Gasteiger partial charge in [0.05, 0.1) is 0 Å². The van der Waals surface area contributed by atoms with Crippen LogP contribution >= 0.6 is 0 Å². The summed E-state index contributed by atoms with van der Waals surface area (Å²) in [6.45, 7) is 12.7. The topological polar surface area (TPSA) is 9.23 Å². The van der Waals surface area contributed by atoms with E-state index in [2.05, 4.69) is 32.6 Å². The maximum atomic E-state index is 5.87. The van der Waals surface area contributed by atoms with Crippen LogP contribution in [0.2, 0.25) is 19.6 Å². The van der Waals surface area contributed by atoms with Crippen molar-refractivity contribution in [2.75, 3.05) is 0 Å². The van der Waals surface area contributed by atoms with Crippen LogP contribution in [0.25, 0.3) is 0 Å². The SMILES string of the molecule is C/C=C(O[Si](C)(C)C)/C(C)=C/C. The van der Waals surface area contributed by atoms with Crippen molar-refractivity contribution >= 4 is 8.32 Å². The van der Waals surface area contributed by atoms with Crippen LogP contribution in [0.5, 0.6) is 0 Å². The summed E-state index contributed by atoms with van der Waals surface area (Å²) >= 11 is 0. The lowest BCUT2D eigenvalue weighted by Crippen LogP contribution is -2.25. The first-order valence-corrected chi connectivity index (χ1v) is 7.80. The second-order valence-corrected chi connectivity index (χ2v) is 8.27. The molecule has 70 valence electrons. The van der Waals surface area contributed by atoms with Crippen LogP contribution in [0, 0.1) is 0 Å². The molecule has 1 nitrogen and oxygen atoms in total. The van der Waals surface area contributed by atoms with Gasteiger partial charge in [0.25, 0.3) is 0 Å². The van der Waals surface area contributed by atoms with Crippen molar-refractivity contribution in [1.82, 2.24) is 0 Å². The Kier molecular flexibility index (Phi) is 4.32. The Bertz CT molecular complexity index is 196. The van der Waals surface area contributed by atoms with Gasteiger partial charge in [-0.25, -0.2) is 0 Å². The fraction of sp³-hybridized carbons (Fsp3) is 0.600. The maximum Gasteiger partial charge on any atom is 0.242 e. The van der Waals surface area contributed by atoms with Gasteiger partial charge in [-0.05, 0) is 52.1 Å². The highest BCUT2D eigenvalue weighted by molar-refractivity contribution is 6.70. The van der Waals surface area contributed by atoms with Gasteiger partial charge in [-0.1, -0.05) is 6.08 Å². The van der Waals surface area contributed by atoms with Crippen molar-refractivity contribution in [1.29, 1.82) is 0 Å². The van der Waals surface area contributed by atoms with Crippen LogP contribution in [0.4, 0.5) is 0 Å². The minimum absolute atomic E-state index is 1.04. The molecule has 0 saturated heterocycles. The molecule has 0 aromatic heterocycles. The zero-order valence-corrected chi connectivity index (χ0v) is 10.1. The van der Waals surface area contributed by atoms with E-state index in [0.717, 1.165) is 5.76 Å². The van der Waals surface area contributed by atoms with E-state index in [1.165, 1.54) is 5.57 Å². The molecule has 0 amide bonds. The lowest BCUT2D eigenvalue weighted by atomic mass is 10.2. The molecule has 12 heavy (non-hydrogen) atoms. The highest BCUT2D eigenvalue weighted by Gasteiger charge is 2.17. The number of hydrogen-bond donors (Lipinski definition) is 0. The molecule has 0 saturated carbocycles. The Balaban J connectivity index is 4.43. The van der Waals surface area contributed by atoms with E-state index in [4.69, 9.17) is 4.43 Å². The zero-order chi connectivity index (χ0) is 9.78. The van der Waals surface area contributed by atoms with Crippen molar-refractivity contribution < 1.29 is 4.43 Å². The van der Waals surface area contributed by atoms with E-state index >= 15 is 0 Å². The first kappa shape index (κ1) is 11.5. The van der Waals surface area contributed by atoms with Gasteiger partial charge in [-0.15, -0.1) is 0 Å². The van der Waals surface area contributed by atoms with Crippen molar-refractivity contribution in [3.8, 4) is 0 Å². The summed E-state index contributed by atoms with van der Waals surface area (Å²) < 4.78 is 5.87. The molecule has 0 fully saturated rings. The molecule has 0 aromatic carbocycles. The quantitative estimate of drug-likeness (QED) is 0.369. The van der Waals surface area contributed by atoms with Gasteiger partial charge < -0.3 is 4.43 Å². The van der Waals surface area contributed by atoms with Crippen molar-refractivity contribution in [2.24, 2.45) is 0 Å². The number of allylic oxidation sites excluding steroid dienone is 3. The highest BCUT2D eigenvalue weighted by Crippen LogP contribution is 2.16. The van der Waals surface area contributed by atoms with E-state index in [9.17, 15) is 0 Å². The van der Waals surface area contributed by atoms with Gasteiger partial charge >= 0.3 is 0 Å². The van der Waals surface area contributed by atoms with E-state index in [0.29, 0.717) is 0 Å². The molecule has 0 rings (SSSR count). The average molecular weight is 184 g/mol. The normalized spacial score (nSPS) is 14.8. The van der Waals surface area contributed by atoms with Gasteiger partial charge in [0.15, 0.2) is 0 Å². The smallest absolute Gasteiger partial charge is 0.242 e. The largest absolute Gasteiger partial charge is 0.544 e. The monoisotopic (exact) mass is 184 g/mol. The van der Waals surface area contributed by atoms with Crippen LogP contribution in [0.1, 0.15) is 20.8 Å². The van der Waals surface area contributed by atoms with Gasteiger partial charge in [-0.3, -0.25) is 0 Å². The third-order valence-corrected chi connectivity index (χ3v) is 2.33. The Hall–Kier alpha value is -0.503. The summed E-state index contributed by atoms with van der Waals surface area (Å²) in [4.78, 5) is 0. The van der Waals surface area contributed by atoms with Gasteiger partial charge in [-0.2, -0.15) is 0 Å². The van der Waals surface area contributed by atoms with Gasteiger partial charge in [0, 0.05) is 0 Å². The number of hydrogen-bond acceptors (Lipinski definition) is 1. The molecular formula is C10H20OSi. The first-order valence-electron chi connectivity index (χ1n) is 4.39. The van der Waals surface area contributed by atoms with E-state index in [-0.39, 0.29) is 0 Å². The van der Waals surface area contributed by atoms with Gasteiger partial charge in [0.2, 0.25) is 8.32 Å². The molecule has 0 unspecified atom stereocenters. The van der Waals surface area contributed by atoms with E-state index in [1.54, 1.807) is 0 Å². The van der Waals surface area contributed by atoms with Crippen molar-refractivity contribution in [3.63, 3.8) is 0 Å². The predicted octanol–water partition coefficient (Wildman–Crippen LogP) is 3.71. The third-order valence-electron chi connectivity index (χ3n) is 1.50. The minimum Gasteiger partial charge on any atom is -0.544 e. The van der Waals surface area contributed by atoms with Crippen molar-refractivity contribution in [3.05, 3.63) is 23.5 Å². The second-order valence-electron chi connectivity index (χ2n) is 3.84. The minimum atomic E-state index is -1.43. The van der Waals surface area contributed by atoms with Crippen LogP contribution in [-0.4, -0.2) is 8.32 Å². The standard InChI is InChI=1S/C10H20OSi/c1-7-9(3)10(8-2)11-12(4,5)6/h7-8H,1-6H3/b9-7+,10-8-. The molecule has 2 heteroatoms. The summed E-state index contributed by atoms with van der Waals surface area (Å²) in [5, 5.41) is 0. The summed E-state index contributed by atoms with van der Waals surface area (Å²) in [6, 6.07) is 0. The Morgan fingerprint density at radius 1 is 1.08 bits per heavy atom. The van der Waals surface area contributed by atoms with E-state index in [1.807, 2.05) is 19.9 Å². The third kappa shape index (κ3) is 4.39. The van der Waals surface area contributed by atoms with Crippen LogP contribution in [0.15, 0.2) is 23.5 Å². The van der Waals surface area contributed by atoms with E-state index < -0.39 is 8.32 Å². The Morgan fingerprint density at radius 3 is 1.83 bits per heavy atom. The average Bonchev–Trinajstić information content (AvgIpc) is 1.97. The lowest BCUT2D eigenvalue weighted by molar-refractivity contribution is 0.432. The molecule has 0 radical (unpaired) electrons. The molecule has 0 spiro atoms. The Labute approximate surface area is 77.3 Å². The number of rotatable bonds is 3. The molecule has 0 heterocycles. The summed E-state index contributed by atoms with van der Waals surface area (Å²) in [5.74, 6) is 1.04. The fourth-order valence-electron chi connectivity index (χ4n) is 0.839.